The van der Waals surface area contributed by atoms with Gasteiger partial charge in [0.05, 0.1) is 12.8 Å². The Morgan fingerprint density at radius 1 is 1.12 bits per heavy atom. The fourth-order valence-electron chi connectivity index (χ4n) is 2.84. The van der Waals surface area contributed by atoms with Gasteiger partial charge in [0.1, 0.15) is 5.56 Å². The molecule has 1 aromatic carbocycles. The van der Waals surface area contributed by atoms with Crippen LogP contribution in [0.15, 0.2) is 48.8 Å². The van der Waals surface area contributed by atoms with Gasteiger partial charge in [0.25, 0.3) is 5.91 Å². The van der Waals surface area contributed by atoms with Gasteiger partial charge in [-0.2, -0.15) is 5.10 Å². The highest BCUT2D eigenvalue weighted by atomic mass is 16.5. The van der Waals surface area contributed by atoms with Crippen molar-refractivity contribution in [2.45, 2.75) is 26.8 Å². The first-order valence-electron chi connectivity index (χ1n) is 8.46. The maximum atomic E-state index is 12.6. The van der Waals surface area contributed by atoms with Crippen molar-refractivity contribution in [3.63, 3.8) is 0 Å². The Labute approximate surface area is 152 Å². The molecule has 0 unspecified atom stereocenters. The minimum atomic E-state index is -0.243. The summed E-state index contributed by atoms with van der Waals surface area (Å²) >= 11 is 0. The van der Waals surface area contributed by atoms with Gasteiger partial charge in [-0.1, -0.05) is 12.1 Å². The second-order valence-electron chi connectivity index (χ2n) is 6.30. The van der Waals surface area contributed by atoms with Crippen molar-refractivity contribution in [2.24, 2.45) is 0 Å². The van der Waals surface area contributed by atoms with Gasteiger partial charge in [-0.15, -0.1) is 0 Å². The van der Waals surface area contributed by atoms with E-state index in [2.05, 4.69) is 29.2 Å². The third-order valence-electron chi connectivity index (χ3n) is 4.14. The molecule has 0 aliphatic carbocycles. The molecule has 0 saturated carbocycles. The molecule has 2 aromatic heterocycles. The van der Waals surface area contributed by atoms with E-state index in [0.717, 1.165) is 16.8 Å². The Hall–Kier alpha value is -3.15. The summed E-state index contributed by atoms with van der Waals surface area (Å²) in [7, 11) is 1.51. The highest BCUT2D eigenvalue weighted by Crippen LogP contribution is 2.25. The fourth-order valence-corrected chi connectivity index (χ4v) is 2.84. The van der Waals surface area contributed by atoms with E-state index in [1.54, 1.807) is 18.5 Å². The van der Waals surface area contributed by atoms with Crippen LogP contribution in [0.4, 0.5) is 5.69 Å². The molecule has 3 rings (SSSR count). The zero-order valence-corrected chi connectivity index (χ0v) is 15.4. The van der Waals surface area contributed by atoms with Crippen LogP contribution in [0.5, 0.6) is 5.88 Å². The number of methoxy groups -OCH3 is 1. The molecule has 0 atom stereocenters. The van der Waals surface area contributed by atoms with Crippen molar-refractivity contribution in [1.29, 1.82) is 0 Å². The Kier molecular flexibility index (Phi) is 5.02. The van der Waals surface area contributed by atoms with Crippen molar-refractivity contribution in [2.75, 3.05) is 12.4 Å². The van der Waals surface area contributed by atoms with Crippen LogP contribution >= 0.6 is 0 Å². The number of amides is 1. The zero-order valence-electron chi connectivity index (χ0n) is 15.4. The molecule has 0 aliphatic heterocycles. The smallest absolute Gasteiger partial charge is 0.261 e. The Balaban J connectivity index is 1.82. The summed E-state index contributed by atoms with van der Waals surface area (Å²) in [6.45, 7) is 6.04. The molecule has 0 radical (unpaired) electrons. The SMILES string of the molecule is COc1nccc(C)c1C(=O)Nc1ccc(-c2ccnn2C(C)C)cc1. The van der Waals surface area contributed by atoms with E-state index in [0.29, 0.717) is 17.1 Å². The molecule has 0 spiro atoms. The summed E-state index contributed by atoms with van der Waals surface area (Å²) in [5, 5.41) is 7.26. The molecule has 0 aliphatic rings. The molecule has 0 fully saturated rings. The van der Waals surface area contributed by atoms with Gasteiger partial charge in [0.2, 0.25) is 5.88 Å². The Morgan fingerprint density at radius 2 is 1.85 bits per heavy atom. The van der Waals surface area contributed by atoms with Crippen LogP contribution in [-0.2, 0) is 0 Å². The number of pyridine rings is 1. The lowest BCUT2D eigenvalue weighted by atomic mass is 10.1. The third-order valence-corrected chi connectivity index (χ3v) is 4.14. The van der Waals surface area contributed by atoms with Gasteiger partial charge in [-0.3, -0.25) is 9.48 Å². The minimum absolute atomic E-state index is 0.243. The molecule has 26 heavy (non-hydrogen) atoms. The van der Waals surface area contributed by atoms with E-state index >= 15 is 0 Å². The monoisotopic (exact) mass is 350 g/mol. The first-order chi connectivity index (χ1) is 12.5. The van der Waals surface area contributed by atoms with Crippen LogP contribution in [-0.4, -0.2) is 27.8 Å². The number of nitrogens with zero attached hydrogens (tertiary/aromatic N) is 3. The molecular weight excluding hydrogens is 328 g/mol. The molecule has 1 amide bonds. The topological polar surface area (TPSA) is 69.0 Å². The molecule has 3 aromatic rings. The maximum absolute atomic E-state index is 12.6. The van der Waals surface area contributed by atoms with Crippen molar-refractivity contribution >= 4 is 11.6 Å². The number of hydrogen-bond acceptors (Lipinski definition) is 4. The van der Waals surface area contributed by atoms with Crippen LogP contribution in [0.1, 0.15) is 35.8 Å². The first kappa shape index (κ1) is 17.7. The second kappa shape index (κ2) is 7.39. The van der Waals surface area contributed by atoms with Crippen LogP contribution in [0, 0.1) is 6.92 Å². The number of ether oxygens (including phenoxy) is 1. The highest BCUT2D eigenvalue weighted by Gasteiger charge is 2.16. The van der Waals surface area contributed by atoms with Gasteiger partial charge in [0.15, 0.2) is 0 Å². The first-order valence-corrected chi connectivity index (χ1v) is 8.46. The lowest BCUT2D eigenvalue weighted by Crippen LogP contribution is -2.15. The number of anilines is 1. The van der Waals surface area contributed by atoms with Crippen molar-refractivity contribution in [1.82, 2.24) is 14.8 Å². The summed E-state index contributed by atoms with van der Waals surface area (Å²) in [6, 6.07) is 11.7. The van der Waals surface area contributed by atoms with Gasteiger partial charge >= 0.3 is 0 Å². The normalized spacial score (nSPS) is 10.8. The third kappa shape index (κ3) is 3.44. The number of carbonyl (C=O) groups excluding carboxylic acids is 1. The summed E-state index contributed by atoms with van der Waals surface area (Å²) < 4.78 is 7.18. The molecule has 0 bridgehead atoms. The van der Waals surface area contributed by atoms with Crippen molar-refractivity contribution in [3.8, 4) is 17.1 Å². The predicted molar refractivity (Wildman–Crippen MR) is 102 cm³/mol. The lowest BCUT2D eigenvalue weighted by molar-refractivity contribution is 0.102. The van der Waals surface area contributed by atoms with Gasteiger partial charge in [-0.25, -0.2) is 4.98 Å². The van der Waals surface area contributed by atoms with Gasteiger partial charge in [0, 0.05) is 24.1 Å². The van der Waals surface area contributed by atoms with Crippen LogP contribution in [0.25, 0.3) is 11.3 Å². The van der Waals surface area contributed by atoms with E-state index in [1.807, 2.05) is 41.9 Å². The standard InChI is InChI=1S/C20H22N4O2/c1-13(2)24-17(10-12-22-24)15-5-7-16(8-6-15)23-19(25)18-14(3)9-11-21-20(18)26-4/h5-13H,1-4H3,(H,23,25). The van der Waals surface area contributed by atoms with E-state index in [1.165, 1.54) is 7.11 Å². The van der Waals surface area contributed by atoms with E-state index in [9.17, 15) is 4.79 Å². The van der Waals surface area contributed by atoms with Crippen LogP contribution < -0.4 is 10.1 Å². The summed E-state index contributed by atoms with van der Waals surface area (Å²) in [6.07, 6.45) is 3.42. The van der Waals surface area contributed by atoms with Crippen molar-refractivity contribution < 1.29 is 9.53 Å². The summed E-state index contributed by atoms with van der Waals surface area (Å²) in [5.74, 6) is 0.0763. The number of carbonyl (C=O) groups is 1. The van der Waals surface area contributed by atoms with Gasteiger partial charge < -0.3 is 10.1 Å². The summed E-state index contributed by atoms with van der Waals surface area (Å²) in [4.78, 5) is 16.7. The quantitative estimate of drug-likeness (QED) is 0.752. The van der Waals surface area contributed by atoms with Crippen LogP contribution in [0.3, 0.4) is 0 Å². The van der Waals surface area contributed by atoms with Crippen molar-refractivity contribution in [3.05, 3.63) is 59.9 Å². The predicted octanol–water partition coefficient (Wildman–Crippen LogP) is 4.10. The lowest BCUT2D eigenvalue weighted by Gasteiger charge is -2.13. The number of aromatic nitrogens is 3. The minimum Gasteiger partial charge on any atom is -0.480 e. The Morgan fingerprint density at radius 3 is 2.50 bits per heavy atom. The molecule has 1 N–H and O–H groups in total. The average molecular weight is 350 g/mol. The molecule has 134 valence electrons. The molecule has 2 heterocycles. The van der Waals surface area contributed by atoms with Crippen LogP contribution in [0.2, 0.25) is 0 Å². The number of hydrogen-bond donors (Lipinski definition) is 1. The molecule has 6 heteroatoms. The molecular formula is C20H22N4O2. The Bertz CT molecular complexity index is 914. The number of benzene rings is 1. The largest absolute Gasteiger partial charge is 0.480 e. The van der Waals surface area contributed by atoms with Gasteiger partial charge in [-0.05, 0) is 56.2 Å². The number of aryl methyl sites for hydroxylation is 1. The number of nitrogens with one attached hydrogen (secondary N) is 1. The fraction of sp³-hybridized carbons (Fsp3) is 0.250. The highest BCUT2D eigenvalue weighted by molar-refractivity contribution is 6.06. The van der Waals surface area contributed by atoms with E-state index in [-0.39, 0.29) is 11.9 Å². The molecule has 0 saturated heterocycles. The zero-order chi connectivity index (χ0) is 18.7. The maximum Gasteiger partial charge on any atom is 0.261 e. The van der Waals surface area contributed by atoms with E-state index < -0.39 is 0 Å². The summed E-state index contributed by atoms with van der Waals surface area (Å²) in [5.41, 5.74) is 4.05. The number of rotatable bonds is 5. The van der Waals surface area contributed by atoms with E-state index in [4.69, 9.17) is 4.74 Å². The average Bonchev–Trinajstić information content (AvgIpc) is 3.12. The molecule has 6 nitrogen and oxygen atoms in total. The second-order valence-corrected chi connectivity index (χ2v) is 6.30.